The molecule has 4 nitrogen and oxygen atoms in total. The Bertz CT molecular complexity index is 846. The van der Waals surface area contributed by atoms with Crippen LogP contribution in [0.1, 0.15) is 39.9 Å². The molecule has 0 aromatic heterocycles. The molecule has 150 valence electrons. The number of carboxylic acids is 1. The monoisotopic (exact) mass is 389 g/mol. The van der Waals surface area contributed by atoms with Crippen molar-refractivity contribution < 1.29 is 23.4 Å². The Balaban J connectivity index is 1.67. The van der Waals surface area contributed by atoms with Gasteiger partial charge in [-0.25, -0.2) is 4.79 Å². The van der Waals surface area contributed by atoms with E-state index in [0.29, 0.717) is 17.2 Å². The molecule has 28 heavy (non-hydrogen) atoms. The molecule has 1 aliphatic heterocycles. The van der Waals surface area contributed by atoms with Gasteiger partial charge in [-0.2, -0.15) is 8.78 Å². The highest BCUT2D eigenvalue weighted by Crippen LogP contribution is 2.33. The third-order valence-corrected chi connectivity index (χ3v) is 5.46. The van der Waals surface area contributed by atoms with Crippen LogP contribution in [0.3, 0.4) is 0 Å². The number of hydrogen-bond acceptors (Lipinski definition) is 3. The minimum absolute atomic E-state index is 0.205. The van der Waals surface area contributed by atoms with E-state index < -0.39 is 12.6 Å². The normalized spacial score (nSPS) is 15.1. The molecule has 1 fully saturated rings. The van der Waals surface area contributed by atoms with Gasteiger partial charge in [0, 0.05) is 13.1 Å². The second-order valence-corrected chi connectivity index (χ2v) is 7.38. The second kappa shape index (κ2) is 8.59. The van der Waals surface area contributed by atoms with Crippen LogP contribution in [0, 0.1) is 19.8 Å². The fraction of sp³-hybridized carbons (Fsp3) is 0.409. The highest BCUT2D eigenvalue weighted by Gasteiger charge is 2.23. The van der Waals surface area contributed by atoms with E-state index in [4.69, 9.17) is 0 Å². The lowest BCUT2D eigenvalue weighted by Gasteiger charge is -2.34. The smallest absolute Gasteiger partial charge is 0.387 e. The summed E-state index contributed by atoms with van der Waals surface area (Å²) < 4.78 is 29.9. The van der Waals surface area contributed by atoms with Crippen LogP contribution in [0.2, 0.25) is 0 Å². The molecule has 2 aromatic rings. The standard InChI is InChI=1S/C22H25F2NO3/c1-14-11-15(2)18(21(26)27)13-17(14)12-16-7-9-25(10-8-16)19-5-3-4-6-20(19)28-22(23)24/h3-6,11,13,16,22H,7-10,12H2,1-2H3,(H,26,27). The third kappa shape index (κ3) is 4.61. The fourth-order valence-corrected chi connectivity index (χ4v) is 3.95. The van der Waals surface area contributed by atoms with Gasteiger partial charge in [0.15, 0.2) is 0 Å². The highest BCUT2D eigenvalue weighted by molar-refractivity contribution is 5.89. The number of aromatic carboxylic acids is 1. The zero-order valence-corrected chi connectivity index (χ0v) is 16.1. The lowest BCUT2D eigenvalue weighted by atomic mass is 9.87. The summed E-state index contributed by atoms with van der Waals surface area (Å²) in [5, 5.41) is 9.36. The van der Waals surface area contributed by atoms with Crippen molar-refractivity contribution >= 4 is 11.7 Å². The molecule has 0 bridgehead atoms. The molecule has 0 amide bonds. The van der Waals surface area contributed by atoms with Gasteiger partial charge in [-0.15, -0.1) is 0 Å². The Morgan fingerprint density at radius 3 is 2.50 bits per heavy atom. The fourth-order valence-electron chi connectivity index (χ4n) is 3.95. The van der Waals surface area contributed by atoms with Gasteiger partial charge in [0.05, 0.1) is 11.3 Å². The molecule has 1 heterocycles. The third-order valence-electron chi connectivity index (χ3n) is 5.46. The maximum atomic E-state index is 12.6. The van der Waals surface area contributed by atoms with Crippen LogP contribution in [0.15, 0.2) is 36.4 Å². The predicted molar refractivity (Wildman–Crippen MR) is 105 cm³/mol. The summed E-state index contributed by atoms with van der Waals surface area (Å²) in [5.74, 6) is -0.261. The molecule has 0 spiro atoms. The van der Waals surface area contributed by atoms with Gasteiger partial charge in [0.25, 0.3) is 0 Å². The van der Waals surface area contributed by atoms with Crippen LogP contribution in [0.4, 0.5) is 14.5 Å². The summed E-state index contributed by atoms with van der Waals surface area (Å²) in [5.41, 5.74) is 4.01. The Morgan fingerprint density at radius 2 is 1.86 bits per heavy atom. The zero-order chi connectivity index (χ0) is 20.3. The van der Waals surface area contributed by atoms with Gasteiger partial charge >= 0.3 is 12.6 Å². The Kier molecular flexibility index (Phi) is 6.17. The van der Waals surface area contributed by atoms with E-state index in [1.54, 1.807) is 24.3 Å². The van der Waals surface area contributed by atoms with E-state index in [2.05, 4.69) is 9.64 Å². The number of aryl methyl sites for hydroxylation is 2. The summed E-state index contributed by atoms with van der Waals surface area (Å²) in [7, 11) is 0. The molecular formula is C22H25F2NO3. The number of carboxylic acid groups (broad SMARTS) is 1. The van der Waals surface area contributed by atoms with Crippen molar-refractivity contribution in [3.8, 4) is 5.75 Å². The lowest BCUT2D eigenvalue weighted by molar-refractivity contribution is -0.0495. The van der Waals surface area contributed by atoms with Crippen LogP contribution in [-0.4, -0.2) is 30.8 Å². The summed E-state index contributed by atoms with van der Waals surface area (Å²) in [6.07, 6.45) is 2.66. The van der Waals surface area contributed by atoms with Crippen molar-refractivity contribution in [1.82, 2.24) is 0 Å². The Hall–Kier alpha value is -2.63. The Labute approximate surface area is 163 Å². The molecule has 0 unspecified atom stereocenters. The molecule has 1 N–H and O–H groups in total. The summed E-state index contributed by atoms with van der Waals surface area (Å²) in [6.45, 7) is 2.50. The first-order valence-corrected chi connectivity index (χ1v) is 9.47. The van der Waals surface area contributed by atoms with E-state index >= 15 is 0 Å². The average molecular weight is 389 g/mol. The number of para-hydroxylation sites is 2. The molecule has 1 saturated heterocycles. The van der Waals surface area contributed by atoms with Gasteiger partial charge in [0.1, 0.15) is 5.75 Å². The zero-order valence-electron chi connectivity index (χ0n) is 16.1. The molecule has 0 saturated carbocycles. The predicted octanol–water partition coefficient (Wildman–Crippen LogP) is 5.06. The first kappa shape index (κ1) is 20.1. The first-order valence-electron chi connectivity index (χ1n) is 9.47. The maximum absolute atomic E-state index is 12.6. The topological polar surface area (TPSA) is 49.8 Å². The number of alkyl halides is 2. The number of rotatable bonds is 6. The number of anilines is 1. The number of piperidine rings is 1. The van der Waals surface area contributed by atoms with E-state index in [9.17, 15) is 18.7 Å². The number of benzene rings is 2. The van der Waals surface area contributed by atoms with Crippen molar-refractivity contribution in [2.45, 2.75) is 39.7 Å². The number of halogens is 2. The maximum Gasteiger partial charge on any atom is 0.387 e. The summed E-state index contributed by atoms with van der Waals surface area (Å²) in [4.78, 5) is 13.5. The quantitative estimate of drug-likeness (QED) is 0.750. The van der Waals surface area contributed by atoms with Crippen molar-refractivity contribution in [3.05, 3.63) is 58.7 Å². The van der Waals surface area contributed by atoms with Gasteiger partial charge < -0.3 is 14.7 Å². The van der Waals surface area contributed by atoms with Crippen LogP contribution in [0.5, 0.6) is 5.75 Å². The van der Waals surface area contributed by atoms with Crippen LogP contribution in [0.25, 0.3) is 0 Å². The molecule has 3 rings (SSSR count). The molecule has 1 aliphatic rings. The average Bonchev–Trinajstić information content (AvgIpc) is 2.64. The van der Waals surface area contributed by atoms with Crippen molar-refractivity contribution in [2.24, 2.45) is 5.92 Å². The van der Waals surface area contributed by atoms with Crippen LogP contribution >= 0.6 is 0 Å². The molecule has 0 radical (unpaired) electrons. The van der Waals surface area contributed by atoms with Gasteiger partial charge in [0.2, 0.25) is 0 Å². The van der Waals surface area contributed by atoms with Gasteiger partial charge in [-0.3, -0.25) is 0 Å². The van der Waals surface area contributed by atoms with Gasteiger partial charge in [-0.1, -0.05) is 18.2 Å². The number of ether oxygens (including phenoxy) is 1. The highest BCUT2D eigenvalue weighted by atomic mass is 19.3. The number of nitrogens with zero attached hydrogens (tertiary/aromatic N) is 1. The second-order valence-electron chi connectivity index (χ2n) is 7.38. The van der Waals surface area contributed by atoms with Crippen LogP contribution < -0.4 is 9.64 Å². The van der Waals surface area contributed by atoms with E-state index in [0.717, 1.165) is 49.0 Å². The van der Waals surface area contributed by atoms with Gasteiger partial charge in [-0.05, 0) is 73.9 Å². The number of hydrogen-bond donors (Lipinski definition) is 1. The first-order chi connectivity index (χ1) is 13.3. The van der Waals surface area contributed by atoms with E-state index in [1.165, 1.54) is 0 Å². The van der Waals surface area contributed by atoms with Crippen molar-refractivity contribution in [2.75, 3.05) is 18.0 Å². The largest absolute Gasteiger partial charge is 0.478 e. The van der Waals surface area contributed by atoms with Crippen LogP contribution in [-0.2, 0) is 6.42 Å². The molecular weight excluding hydrogens is 364 g/mol. The molecule has 2 aromatic carbocycles. The minimum Gasteiger partial charge on any atom is -0.478 e. The lowest BCUT2D eigenvalue weighted by Crippen LogP contribution is -2.34. The number of carbonyl (C=O) groups is 1. The SMILES string of the molecule is Cc1cc(C)c(C(=O)O)cc1CC1CCN(c2ccccc2OC(F)F)CC1. The Morgan fingerprint density at radius 1 is 1.18 bits per heavy atom. The minimum atomic E-state index is -2.84. The molecule has 6 heteroatoms. The van der Waals surface area contributed by atoms with E-state index in [-0.39, 0.29) is 5.75 Å². The summed E-state index contributed by atoms with van der Waals surface area (Å²) in [6, 6.07) is 10.6. The van der Waals surface area contributed by atoms with Crippen molar-refractivity contribution in [3.63, 3.8) is 0 Å². The molecule has 0 atom stereocenters. The van der Waals surface area contributed by atoms with E-state index in [1.807, 2.05) is 26.0 Å². The summed E-state index contributed by atoms with van der Waals surface area (Å²) >= 11 is 0. The molecule has 0 aliphatic carbocycles. The van der Waals surface area contributed by atoms with Crippen molar-refractivity contribution in [1.29, 1.82) is 0 Å².